The quantitative estimate of drug-likeness (QED) is 0.0926. The number of hydrogen-bond acceptors (Lipinski definition) is 7. The van der Waals surface area contributed by atoms with Crippen LogP contribution in [-0.4, -0.2) is 94.3 Å². The van der Waals surface area contributed by atoms with Crippen LogP contribution in [0.4, 0.5) is 0 Å². The molecule has 0 radical (unpaired) electrons. The third-order valence-electron chi connectivity index (χ3n) is 6.24. The fourth-order valence-electron chi connectivity index (χ4n) is 4.45. The molecule has 14 nitrogen and oxygen atoms in total. The van der Waals surface area contributed by atoms with Gasteiger partial charge in [0.1, 0.15) is 18.1 Å². The Morgan fingerprint density at radius 3 is 2.20 bits per heavy atom. The van der Waals surface area contributed by atoms with Gasteiger partial charge >= 0.3 is 5.97 Å². The van der Waals surface area contributed by atoms with Crippen LogP contribution >= 0.6 is 0 Å². The summed E-state index contributed by atoms with van der Waals surface area (Å²) < 4.78 is 0. The molecule has 14 heteroatoms. The number of carboxylic acid groups (broad SMARTS) is 1. The average molecular weight is 497 g/mol. The van der Waals surface area contributed by atoms with Gasteiger partial charge in [0.25, 0.3) is 0 Å². The van der Waals surface area contributed by atoms with Crippen molar-refractivity contribution in [1.82, 2.24) is 15.1 Å². The number of carbonyl (C=O) groups excluding carboxylic acids is 4. The third-order valence-corrected chi connectivity index (χ3v) is 6.24. The minimum atomic E-state index is -1.30. The Morgan fingerprint density at radius 2 is 1.60 bits per heavy atom. The molecule has 0 bridgehead atoms. The molecule has 0 aliphatic carbocycles. The highest BCUT2D eigenvalue weighted by molar-refractivity contribution is 5.95. The van der Waals surface area contributed by atoms with E-state index in [-0.39, 0.29) is 30.6 Å². The van der Waals surface area contributed by atoms with Crippen LogP contribution in [0, 0.1) is 0 Å². The number of aliphatic imine (C=N–C) groups is 1. The van der Waals surface area contributed by atoms with Crippen LogP contribution in [0.2, 0.25) is 0 Å². The van der Waals surface area contributed by atoms with Crippen molar-refractivity contribution in [1.29, 1.82) is 0 Å². The summed E-state index contributed by atoms with van der Waals surface area (Å²) in [7, 11) is 0. The molecule has 4 atom stereocenters. The molecule has 2 heterocycles. The smallest absolute Gasteiger partial charge is 0.326 e. The minimum Gasteiger partial charge on any atom is -0.480 e. The van der Waals surface area contributed by atoms with E-state index in [4.69, 9.17) is 22.9 Å². The van der Waals surface area contributed by atoms with Crippen molar-refractivity contribution in [2.45, 2.75) is 75.5 Å². The van der Waals surface area contributed by atoms with E-state index < -0.39 is 42.0 Å². The zero-order valence-corrected chi connectivity index (χ0v) is 19.7. The molecule has 2 aliphatic rings. The summed E-state index contributed by atoms with van der Waals surface area (Å²) in [6.07, 6.45) is 2.52. The number of nitrogens with two attached hydrogens (primary N) is 4. The Kier molecular flexibility index (Phi) is 10.2. The van der Waals surface area contributed by atoms with Gasteiger partial charge in [0.05, 0.1) is 6.04 Å². The lowest BCUT2D eigenvalue weighted by atomic mass is 10.1. The molecule has 35 heavy (non-hydrogen) atoms. The molecule has 2 rings (SSSR count). The number of hydrogen-bond donors (Lipinski definition) is 6. The molecule has 0 aromatic carbocycles. The van der Waals surface area contributed by atoms with Gasteiger partial charge in [0.2, 0.25) is 23.6 Å². The van der Waals surface area contributed by atoms with Crippen molar-refractivity contribution in [2.24, 2.45) is 27.9 Å². The van der Waals surface area contributed by atoms with E-state index in [1.807, 2.05) is 0 Å². The lowest BCUT2D eigenvalue weighted by molar-refractivity contribution is -0.148. The summed E-state index contributed by atoms with van der Waals surface area (Å²) in [4.78, 5) is 68.3. The molecule has 4 unspecified atom stereocenters. The number of rotatable bonds is 12. The average Bonchev–Trinajstić information content (AvgIpc) is 3.47. The first-order valence-electron chi connectivity index (χ1n) is 11.8. The van der Waals surface area contributed by atoms with Gasteiger partial charge in [-0.25, -0.2) is 4.79 Å². The van der Waals surface area contributed by atoms with Crippen molar-refractivity contribution in [2.75, 3.05) is 19.6 Å². The van der Waals surface area contributed by atoms with Crippen LogP contribution in [0.1, 0.15) is 51.4 Å². The summed E-state index contributed by atoms with van der Waals surface area (Å²) in [6, 6.07) is -3.69. The first-order chi connectivity index (χ1) is 16.5. The van der Waals surface area contributed by atoms with Crippen LogP contribution in [-0.2, 0) is 24.0 Å². The van der Waals surface area contributed by atoms with Crippen LogP contribution in [0.5, 0.6) is 0 Å². The third kappa shape index (κ3) is 7.80. The lowest BCUT2D eigenvalue weighted by Crippen LogP contribution is -2.56. The summed E-state index contributed by atoms with van der Waals surface area (Å²) in [5, 5.41) is 11.8. The SMILES string of the molecule is NC(=O)CCC(NC(=O)C1CCCN1C(=O)C1CCCN1C(=O)C(N)CCCN=C(N)N)C(=O)O. The number of primary amides is 1. The summed E-state index contributed by atoms with van der Waals surface area (Å²) in [5.74, 6) is -3.32. The molecule has 10 N–H and O–H groups in total. The maximum atomic E-state index is 13.4. The van der Waals surface area contributed by atoms with E-state index in [0.717, 1.165) is 0 Å². The lowest BCUT2D eigenvalue weighted by Gasteiger charge is -2.32. The van der Waals surface area contributed by atoms with Gasteiger partial charge in [-0.1, -0.05) is 0 Å². The van der Waals surface area contributed by atoms with Crippen molar-refractivity contribution in [3.63, 3.8) is 0 Å². The van der Waals surface area contributed by atoms with Crippen molar-refractivity contribution in [3.05, 3.63) is 0 Å². The zero-order valence-electron chi connectivity index (χ0n) is 19.7. The highest BCUT2D eigenvalue weighted by atomic mass is 16.4. The van der Waals surface area contributed by atoms with E-state index in [2.05, 4.69) is 10.3 Å². The van der Waals surface area contributed by atoms with Gasteiger partial charge in [0.15, 0.2) is 5.96 Å². The molecule has 2 saturated heterocycles. The van der Waals surface area contributed by atoms with Gasteiger partial charge < -0.3 is 43.2 Å². The van der Waals surface area contributed by atoms with Crippen LogP contribution in [0.15, 0.2) is 4.99 Å². The van der Waals surface area contributed by atoms with Crippen LogP contribution in [0.25, 0.3) is 0 Å². The summed E-state index contributed by atoms with van der Waals surface area (Å²) >= 11 is 0. The predicted octanol–water partition coefficient (Wildman–Crippen LogP) is -2.82. The first-order valence-corrected chi connectivity index (χ1v) is 11.8. The molecule has 4 amide bonds. The van der Waals surface area contributed by atoms with E-state index >= 15 is 0 Å². The highest BCUT2D eigenvalue weighted by Gasteiger charge is 2.43. The van der Waals surface area contributed by atoms with E-state index in [1.165, 1.54) is 9.80 Å². The maximum absolute atomic E-state index is 13.4. The summed E-state index contributed by atoms with van der Waals surface area (Å²) in [5.41, 5.74) is 21.7. The molecule has 2 fully saturated rings. The number of nitrogens with one attached hydrogen (secondary N) is 1. The number of aliphatic carboxylic acids is 1. The molecule has 0 aromatic heterocycles. The van der Waals surface area contributed by atoms with Crippen molar-refractivity contribution >= 4 is 35.6 Å². The highest BCUT2D eigenvalue weighted by Crippen LogP contribution is 2.26. The van der Waals surface area contributed by atoms with Gasteiger partial charge in [-0.05, 0) is 44.9 Å². The normalized spacial score (nSPS) is 21.3. The molecule has 196 valence electrons. The number of carbonyl (C=O) groups is 5. The second-order valence-electron chi connectivity index (χ2n) is 8.84. The Labute approximate surface area is 203 Å². The molecule has 0 spiro atoms. The van der Waals surface area contributed by atoms with E-state index in [0.29, 0.717) is 58.2 Å². The first kappa shape index (κ1) is 27.8. The second-order valence-corrected chi connectivity index (χ2v) is 8.84. The predicted molar refractivity (Wildman–Crippen MR) is 125 cm³/mol. The molecular formula is C21H36N8O6. The van der Waals surface area contributed by atoms with Crippen molar-refractivity contribution in [3.8, 4) is 0 Å². The van der Waals surface area contributed by atoms with Crippen LogP contribution < -0.4 is 28.3 Å². The number of guanidine groups is 1. The standard InChI is InChI=1S/C21H36N8O6/c22-12(4-1-9-26-21(24)25)18(32)29-11-3-6-15(29)19(33)28-10-2-5-14(28)17(31)27-13(20(34)35)7-8-16(23)30/h12-15H,1-11,22H2,(H2,23,30)(H,27,31)(H,34,35)(H4,24,25,26). The Hall–Kier alpha value is -3.42. The topological polar surface area (TPSA) is 241 Å². The molecular weight excluding hydrogens is 460 g/mol. The van der Waals surface area contributed by atoms with E-state index in [1.54, 1.807) is 0 Å². The second kappa shape index (κ2) is 12.9. The molecule has 0 aromatic rings. The molecule has 0 saturated carbocycles. The fourth-order valence-corrected chi connectivity index (χ4v) is 4.45. The molecule has 2 aliphatic heterocycles. The Bertz CT molecular complexity index is 846. The Morgan fingerprint density at radius 1 is 0.971 bits per heavy atom. The number of carboxylic acids is 1. The monoisotopic (exact) mass is 496 g/mol. The van der Waals surface area contributed by atoms with Crippen molar-refractivity contribution < 1.29 is 29.1 Å². The Balaban J connectivity index is 2.01. The fraction of sp³-hybridized carbons (Fsp3) is 0.714. The zero-order chi connectivity index (χ0) is 26.1. The van der Waals surface area contributed by atoms with Crippen LogP contribution in [0.3, 0.4) is 0 Å². The van der Waals surface area contributed by atoms with Gasteiger partial charge in [-0.3, -0.25) is 24.2 Å². The number of amides is 4. The maximum Gasteiger partial charge on any atom is 0.326 e. The van der Waals surface area contributed by atoms with E-state index in [9.17, 15) is 29.1 Å². The number of likely N-dealkylation sites (tertiary alicyclic amines) is 2. The van der Waals surface area contributed by atoms with Gasteiger partial charge in [-0.2, -0.15) is 0 Å². The summed E-state index contributed by atoms with van der Waals surface area (Å²) in [6.45, 7) is 1.04. The van der Waals surface area contributed by atoms with Gasteiger partial charge in [-0.15, -0.1) is 0 Å². The van der Waals surface area contributed by atoms with Gasteiger partial charge in [0, 0.05) is 26.1 Å². The number of nitrogens with zero attached hydrogens (tertiary/aromatic N) is 3. The largest absolute Gasteiger partial charge is 0.480 e. The minimum absolute atomic E-state index is 0.0400.